The molecule has 0 spiro atoms. The van der Waals surface area contributed by atoms with Crippen molar-refractivity contribution in [2.24, 2.45) is 0 Å². The normalized spacial score (nSPS) is 11.2. The fourth-order valence-corrected chi connectivity index (χ4v) is 3.72. The minimum atomic E-state index is -0.309. The molecule has 124 valence electrons. The zero-order valence-corrected chi connectivity index (χ0v) is 15.4. The Kier molecular flexibility index (Phi) is 4.10. The maximum absolute atomic E-state index is 11.7. The quantitative estimate of drug-likeness (QED) is 0.341. The van der Waals surface area contributed by atoms with Gasteiger partial charge in [0.15, 0.2) is 5.65 Å². The lowest BCUT2D eigenvalue weighted by Gasteiger charge is -2.14. The monoisotopic (exact) mass is 384 g/mol. The predicted molar refractivity (Wildman–Crippen MR) is 107 cm³/mol. The predicted octanol–water partition coefficient (Wildman–Crippen LogP) is 3.85. The molecule has 5 nitrogen and oxygen atoms in total. The van der Waals surface area contributed by atoms with Gasteiger partial charge in [-0.1, -0.05) is 18.2 Å². The number of H-pyrrole nitrogens is 2. The second kappa shape index (κ2) is 6.29. The summed E-state index contributed by atoms with van der Waals surface area (Å²) >= 11 is 13.6. The lowest BCUT2D eigenvalue weighted by Crippen LogP contribution is -1.99. The number of hydrogen-bond donors (Lipinski definition) is 5. The summed E-state index contributed by atoms with van der Waals surface area (Å²) in [7, 11) is 0. The van der Waals surface area contributed by atoms with Crippen molar-refractivity contribution in [1.82, 2.24) is 19.9 Å². The average molecular weight is 385 g/mol. The van der Waals surface area contributed by atoms with Gasteiger partial charge in [-0.3, -0.25) is 9.97 Å². The van der Waals surface area contributed by atoms with Crippen LogP contribution in [0.4, 0.5) is 0 Å². The number of aromatic nitrogens is 4. The number of hydrogen-bond acceptors (Lipinski definition) is 6. The average Bonchev–Trinajstić information content (AvgIpc) is 2.93. The van der Waals surface area contributed by atoms with Crippen molar-refractivity contribution in [2.45, 2.75) is 14.7 Å². The molecule has 2 N–H and O–H groups in total. The largest absolute Gasteiger partial charge is 0.325 e. The van der Waals surface area contributed by atoms with Crippen LogP contribution in [0.2, 0.25) is 0 Å². The molecule has 25 heavy (non-hydrogen) atoms. The van der Waals surface area contributed by atoms with Crippen LogP contribution in [0.1, 0.15) is 0 Å². The molecule has 3 aromatic heterocycles. The third kappa shape index (κ3) is 2.86. The van der Waals surface area contributed by atoms with Gasteiger partial charge in [0.2, 0.25) is 0 Å². The van der Waals surface area contributed by atoms with Crippen LogP contribution in [0.3, 0.4) is 0 Å². The molecule has 4 rings (SSSR count). The Balaban J connectivity index is 2.13. The molecule has 4 aromatic rings. The smallest absolute Gasteiger partial charge is 0.304 e. The van der Waals surface area contributed by atoms with E-state index in [0.29, 0.717) is 26.6 Å². The Bertz CT molecular complexity index is 1150. The van der Waals surface area contributed by atoms with Gasteiger partial charge in [-0.15, -0.1) is 37.9 Å². The Hall–Kier alpha value is -2.16. The van der Waals surface area contributed by atoms with Gasteiger partial charge in [-0.2, -0.15) is 0 Å². The summed E-state index contributed by atoms with van der Waals surface area (Å²) in [6.07, 6.45) is 3.30. The molecule has 0 unspecified atom stereocenters. The highest BCUT2D eigenvalue weighted by Crippen LogP contribution is 2.40. The summed E-state index contributed by atoms with van der Waals surface area (Å²) in [5, 5.41) is 0. The van der Waals surface area contributed by atoms with Crippen molar-refractivity contribution in [3.63, 3.8) is 0 Å². The van der Waals surface area contributed by atoms with E-state index in [9.17, 15) is 4.79 Å². The molecule has 0 saturated heterocycles. The molecule has 0 aliphatic carbocycles. The number of aromatic amines is 2. The van der Waals surface area contributed by atoms with Crippen LogP contribution in [-0.2, 0) is 0 Å². The maximum atomic E-state index is 11.7. The first-order valence-corrected chi connectivity index (χ1v) is 8.66. The number of thiol groups is 3. The highest BCUT2D eigenvalue weighted by Gasteiger charge is 2.18. The van der Waals surface area contributed by atoms with Crippen molar-refractivity contribution in [3.05, 3.63) is 53.2 Å². The van der Waals surface area contributed by atoms with Gasteiger partial charge in [0, 0.05) is 43.8 Å². The van der Waals surface area contributed by atoms with E-state index >= 15 is 0 Å². The number of nitrogens with zero attached hydrogens (tertiary/aromatic N) is 2. The van der Waals surface area contributed by atoms with E-state index in [-0.39, 0.29) is 5.69 Å². The van der Waals surface area contributed by atoms with Gasteiger partial charge < -0.3 is 4.98 Å². The highest BCUT2D eigenvalue weighted by atomic mass is 32.1. The summed E-state index contributed by atoms with van der Waals surface area (Å²) in [5.74, 6) is 0. The van der Waals surface area contributed by atoms with E-state index in [2.05, 4.69) is 57.8 Å². The van der Waals surface area contributed by atoms with Gasteiger partial charge in [0.1, 0.15) is 0 Å². The Morgan fingerprint density at radius 1 is 0.880 bits per heavy atom. The molecule has 0 radical (unpaired) electrons. The van der Waals surface area contributed by atoms with Crippen LogP contribution in [-0.4, -0.2) is 19.9 Å². The first-order chi connectivity index (χ1) is 12.0. The number of fused-ring (bicyclic) bond motifs is 1. The van der Waals surface area contributed by atoms with Gasteiger partial charge in [-0.05, 0) is 12.1 Å². The lowest BCUT2D eigenvalue weighted by atomic mass is 9.99. The van der Waals surface area contributed by atoms with Crippen LogP contribution >= 0.6 is 37.9 Å². The van der Waals surface area contributed by atoms with Crippen molar-refractivity contribution < 1.29 is 0 Å². The van der Waals surface area contributed by atoms with E-state index in [4.69, 9.17) is 0 Å². The first kappa shape index (κ1) is 16.3. The molecule has 0 bridgehead atoms. The van der Waals surface area contributed by atoms with E-state index in [0.717, 1.165) is 21.6 Å². The number of pyridine rings is 2. The van der Waals surface area contributed by atoms with Crippen LogP contribution in [0.25, 0.3) is 33.5 Å². The fraction of sp³-hybridized carbons (Fsp3) is 0. The van der Waals surface area contributed by atoms with Gasteiger partial charge in [0.25, 0.3) is 0 Å². The molecular weight excluding hydrogens is 372 g/mol. The van der Waals surface area contributed by atoms with Gasteiger partial charge >= 0.3 is 5.69 Å². The van der Waals surface area contributed by atoms with Crippen LogP contribution in [0.15, 0.2) is 62.2 Å². The van der Waals surface area contributed by atoms with Crippen molar-refractivity contribution in [1.29, 1.82) is 0 Å². The van der Waals surface area contributed by atoms with E-state index in [1.165, 1.54) is 0 Å². The Labute approximate surface area is 159 Å². The third-order valence-electron chi connectivity index (χ3n) is 3.84. The summed E-state index contributed by atoms with van der Waals surface area (Å²) in [4.78, 5) is 28.0. The van der Waals surface area contributed by atoms with Crippen molar-refractivity contribution in [3.8, 4) is 22.4 Å². The summed E-state index contributed by atoms with van der Waals surface area (Å²) < 4.78 is 0. The molecule has 0 atom stereocenters. The van der Waals surface area contributed by atoms with Crippen molar-refractivity contribution >= 4 is 49.1 Å². The number of rotatable bonds is 2. The Morgan fingerprint density at radius 2 is 1.60 bits per heavy atom. The number of imidazole rings is 1. The van der Waals surface area contributed by atoms with E-state index in [1.54, 1.807) is 12.4 Å². The zero-order chi connectivity index (χ0) is 17.6. The number of benzene rings is 1. The summed E-state index contributed by atoms with van der Waals surface area (Å²) in [5.41, 5.74) is 3.91. The first-order valence-electron chi connectivity index (χ1n) is 7.32. The van der Waals surface area contributed by atoms with Crippen LogP contribution in [0.5, 0.6) is 0 Å². The maximum Gasteiger partial charge on any atom is 0.325 e. The minimum Gasteiger partial charge on any atom is -0.304 e. The molecule has 0 aliphatic heterocycles. The lowest BCUT2D eigenvalue weighted by molar-refractivity contribution is 1.17. The second-order valence-corrected chi connectivity index (χ2v) is 6.88. The third-order valence-corrected chi connectivity index (χ3v) is 4.91. The van der Waals surface area contributed by atoms with E-state index < -0.39 is 0 Å². The molecule has 0 amide bonds. The Morgan fingerprint density at radius 3 is 2.32 bits per heavy atom. The van der Waals surface area contributed by atoms with E-state index in [1.807, 2.05) is 30.3 Å². The van der Waals surface area contributed by atoms with Crippen molar-refractivity contribution in [2.75, 3.05) is 0 Å². The van der Waals surface area contributed by atoms with Gasteiger partial charge in [-0.25, -0.2) is 9.78 Å². The topological polar surface area (TPSA) is 74.4 Å². The highest BCUT2D eigenvalue weighted by molar-refractivity contribution is 7.81. The standard InChI is InChI=1S/C17H12N4OS3/c22-17-19-10-5-9(14-12(24)6-18-7-13(14)25)15(20-16(10)21-17)8-3-1-2-4-11(8)23/h1-7,23-25H,(H2,19,20,21,22). The molecule has 1 aromatic carbocycles. The fourth-order valence-electron chi connectivity index (χ4n) is 2.75. The molecule has 8 heteroatoms. The van der Waals surface area contributed by atoms with Crippen LogP contribution in [0, 0.1) is 0 Å². The zero-order valence-electron chi connectivity index (χ0n) is 12.7. The molecular formula is C17H12N4OS3. The molecule has 0 fully saturated rings. The molecule has 0 aliphatic rings. The summed E-state index contributed by atoms with van der Waals surface area (Å²) in [6.45, 7) is 0. The second-order valence-electron chi connectivity index (χ2n) is 5.43. The molecule has 3 heterocycles. The minimum absolute atomic E-state index is 0.309. The number of nitrogens with one attached hydrogen (secondary N) is 2. The SMILES string of the molecule is O=c1[nH]c2cc(-c3c(S)cncc3S)c(-c3ccccc3S)nc2[nH]1. The van der Waals surface area contributed by atoms with Crippen LogP contribution < -0.4 is 5.69 Å². The summed E-state index contributed by atoms with van der Waals surface area (Å²) in [6, 6.07) is 9.51. The molecule has 0 saturated carbocycles. The van der Waals surface area contributed by atoms with Gasteiger partial charge in [0.05, 0.1) is 11.2 Å².